The Kier molecular flexibility index (Phi) is 5.24. The molecule has 0 atom stereocenters. The second kappa shape index (κ2) is 6.70. The Hall–Kier alpha value is -0.360. The Morgan fingerprint density at radius 3 is 2.78 bits per heavy atom. The Balaban J connectivity index is 2.11. The first-order valence-corrected chi connectivity index (χ1v) is 7.95. The quantitative estimate of drug-likeness (QED) is 0.807. The Morgan fingerprint density at radius 1 is 1.28 bits per heavy atom. The Bertz CT molecular complexity index is 527. The van der Waals surface area contributed by atoms with Crippen molar-refractivity contribution in [1.82, 2.24) is 5.32 Å². The van der Waals surface area contributed by atoms with Gasteiger partial charge in [-0.2, -0.15) is 0 Å². The Labute approximate surface area is 128 Å². The molecule has 2 aromatic rings. The average Bonchev–Trinajstić information content (AvgIpc) is 2.74. The predicted octanol–water partition coefficient (Wildman–Crippen LogP) is 4.57. The van der Waals surface area contributed by atoms with Crippen LogP contribution in [0.25, 0.3) is 0 Å². The average molecular weight is 391 g/mol. The zero-order valence-corrected chi connectivity index (χ0v) is 13.9. The number of hydrogen-bond donors (Lipinski definition) is 1. The molecule has 0 amide bonds. The zero-order chi connectivity index (χ0) is 13.0. The minimum atomic E-state index is 0.594. The second-order valence-corrected chi connectivity index (χ2v) is 6.53. The van der Waals surface area contributed by atoms with Crippen LogP contribution in [0.4, 0.5) is 0 Å². The van der Waals surface area contributed by atoms with E-state index in [0.717, 1.165) is 26.8 Å². The third-order valence-corrected chi connectivity index (χ3v) is 4.83. The largest absolute Gasteiger partial charge is 0.488 e. The van der Waals surface area contributed by atoms with Crippen molar-refractivity contribution in [1.29, 1.82) is 0 Å². The highest BCUT2D eigenvalue weighted by molar-refractivity contribution is 9.10. The highest BCUT2D eigenvalue weighted by Crippen LogP contribution is 2.27. The van der Waals surface area contributed by atoms with Crippen molar-refractivity contribution in [2.75, 3.05) is 7.05 Å². The fraction of sp³-hybridized carbons (Fsp3) is 0.231. The Morgan fingerprint density at radius 2 is 2.11 bits per heavy atom. The maximum atomic E-state index is 5.89. The van der Waals surface area contributed by atoms with Crippen molar-refractivity contribution in [2.24, 2.45) is 0 Å². The van der Waals surface area contributed by atoms with Crippen LogP contribution in [0.5, 0.6) is 5.75 Å². The summed E-state index contributed by atoms with van der Waals surface area (Å²) in [5.41, 5.74) is 1.15. The topological polar surface area (TPSA) is 21.3 Å². The van der Waals surface area contributed by atoms with Gasteiger partial charge in [0.25, 0.3) is 0 Å². The number of thiophene rings is 1. The fourth-order valence-electron chi connectivity index (χ4n) is 1.59. The summed E-state index contributed by atoms with van der Waals surface area (Å²) in [6.45, 7) is 1.39. The molecular formula is C13H13Br2NOS. The summed E-state index contributed by atoms with van der Waals surface area (Å²) in [7, 11) is 1.93. The van der Waals surface area contributed by atoms with Crippen LogP contribution in [0.2, 0.25) is 0 Å². The number of hydrogen-bond acceptors (Lipinski definition) is 3. The lowest BCUT2D eigenvalue weighted by Crippen LogP contribution is -2.07. The van der Waals surface area contributed by atoms with Gasteiger partial charge in [-0.15, -0.1) is 11.3 Å². The van der Waals surface area contributed by atoms with Gasteiger partial charge < -0.3 is 10.1 Å². The van der Waals surface area contributed by atoms with Crippen LogP contribution in [0.15, 0.2) is 38.6 Å². The van der Waals surface area contributed by atoms with Gasteiger partial charge in [-0.3, -0.25) is 0 Å². The van der Waals surface area contributed by atoms with Crippen molar-refractivity contribution in [3.8, 4) is 5.75 Å². The van der Waals surface area contributed by atoms with Gasteiger partial charge >= 0.3 is 0 Å². The van der Waals surface area contributed by atoms with E-state index in [-0.39, 0.29) is 0 Å². The smallest absolute Gasteiger partial charge is 0.124 e. The van der Waals surface area contributed by atoms with Gasteiger partial charge in [-0.1, -0.05) is 15.9 Å². The molecule has 1 N–H and O–H groups in total. The number of halogens is 2. The summed E-state index contributed by atoms with van der Waals surface area (Å²) >= 11 is 8.68. The number of ether oxygens (including phenoxy) is 1. The molecule has 0 aliphatic carbocycles. The monoisotopic (exact) mass is 389 g/mol. The third kappa shape index (κ3) is 3.57. The van der Waals surface area contributed by atoms with Crippen LogP contribution < -0.4 is 10.1 Å². The van der Waals surface area contributed by atoms with E-state index in [2.05, 4.69) is 48.6 Å². The summed E-state index contributed by atoms with van der Waals surface area (Å²) in [6.07, 6.45) is 0. The molecule has 0 saturated carbocycles. The van der Waals surface area contributed by atoms with E-state index in [1.807, 2.05) is 25.2 Å². The van der Waals surface area contributed by atoms with Crippen molar-refractivity contribution in [3.63, 3.8) is 0 Å². The lowest BCUT2D eigenvalue weighted by molar-refractivity contribution is 0.305. The molecule has 5 heteroatoms. The summed E-state index contributed by atoms with van der Waals surface area (Å²) in [5, 5.41) is 5.20. The van der Waals surface area contributed by atoms with E-state index < -0.39 is 0 Å². The highest BCUT2D eigenvalue weighted by Gasteiger charge is 2.06. The number of nitrogens with one attached hydrogen (secondary N) is 1. The maximum Gasteiger partial charge on any atom is 0.124 e. The van der Waals surface area contributed by atoms with Gasteiger partial charge in [0.2, 0.25) is 0 Å². The molecule has 2 nitrogen and oxygen atoms in total. The van der Waals surface area contributed by atoms with E-state index in [1.165, 1.54) is 4.88 Å². The SMILES string of the molecule is CNCc1cc(Br)ccc1OCc1sccc1Br. The normalized spacial score (nSPS) is 10.6. The summed E-state index contributed by atoms with van der Waals surface area (Å²) in [5.74, 6) is 0.924. The number of rotatable bonds is 5. The molecule has 1 aromatic carbocycles. The van der Waals surface area contributed by atoms with Gasteiger partial charge in [0.1, 0.15) is 12.4 Å². The van der Waals surface area contributed by atoms with Crippen LogP contribution >= 0.6 is 43.2 Å². The van der Waals surface area contributed by atoms with Crippen LogP contribution in [-0.2, 0) is 13.2 Å². The second-order valence-electron chi connectivity index (χ2n) is 3.76. The van der Waals surface area contributed by atoms with Crippen LogP contribution in [0.1, 0.15) is 10.4 Å². The van der Waals surface area contributed by atoms with Crippen molar-refractivity contribution in [3.05, 3.63) is 49.0 Å². The highest BCUT2D eigenvalue weighted by atomic mass is 79.9. The lowest BCUT2D eigenvalue weighted by Gasteiger charge is -2.11. The molecule has 2 rings (SSSR count). The minimum Gasteiger partial charge on any atom is -0.488 e. The molecule has 0 spiro atoms. The lowest BCUT2D eigenvalue weighted by atomic mass is 10.2. The van der Waals surface area contributed by atoms with E-state index in [0.29, 0.717) is 6.61 Å². The first-order valence-electron chi connectivity index (χ1n) is 5.48. The summed E-state index contributed by atoms with van der Waals surface area (Å²) in [6, 6.07) is 8.12. The van der Waals surface area contributed by atoms with E-state index >= 15 is 0 Å². The molecule has 1 aromatic heterocycles. The van der Waals surface area contributed by atoms with E-state index in [9.17, 15) is 0 Å². The predicted molar refractivity (Wildman–Crippen MR) is 83.3 cm³/mol. The van der Waals surface area contributed by atoms with Gasteiger partial charge in [-0.05, 0) is 52.6 Å². The van der Waals surface area contributed by atoms with Crippen molar-refractivity contribution >= 4 is 43.2 Å². The molecule has 0 unspecified atom stereocenters. The minimum absolute atomic E-state index is 0.594. The molecule has 0 aliphatic rings. The van der Waals surface area contributed by atoms with Gasteiger partial charge in [0, 0.05) is 21.1 Å². The van der Waals surface area contributed by atoms with Gasteiger partial charge in [-0.25, -0.2) is 0 Å². The summed E-state index contributed by atoms with van der Waals surface area (Å²) in [4.78, 5) is 1.20. The molecular weight excluding hydrogens is 378 g/mol. The molecule has 1 heterocycles. The first-order chi connectivity index (χ1) is 8.70. The maximum absolute atomic E-state index is 5.89. The fourth-order valence-corrected chi connectivity index (χ4v) is 3.38. The zero-order valence-electron chi connectivity index (χ0n) is 9.87. The molecule has 0 radical (unpaired) electrons. The first kappa shape index (κ1) is 14.1. The van der Waals surface area contributed by atoms with Gasteiger partial charge in [0.05, 0.1) is 4.88 Å². The molecule has 0 fully saturated rings. The molecule has 0 bridgehead atoms. The molecule has 18 heavy (non-hydrogen) atoms. The third-order valence-electron chi connectivity index (χ3n) is 2.44. The van der Waals surface area contributed by atoms with Crippen LogP contribution in [0.3, 0.4) is 0 Å². The van der Waals surface area contributed by atoms with E-state index in [4.69, 9.17) is 4.74 Å². The molecule has 96 valence electrons. The van der Waals surface area contributed by atoms with Gasteiger partial charge in [0.15, 0.2) is 0 Å². The standard InChI is InChI=1S/C13H13Br2NOS/c1-16-7-9-6-10(14)2-3-12(9)17-8-13-11(15)4-5-18-13/h2-6,16H,7-8H2,1H3. The van der Waals surface area contributed by atoms with Crippen LogP contribution in [-0.4, -0.2) is 7.05 Å². The number of benzene rings is 1. The summed E-state index contributed by atoms with van der Waals surface area (Å²) < 4.78 is 8.07. The molecule has 0 saturated heterocycles. The van der Waals surface area contributed by atoms with Crippen LogP contribution in [0, 0.1) is 0 Å². The van der Waals surface area contributed by atoms with Crippen molar-refractivity contribution in [2.45, 2.75) is 13.2 Å². The van der Waals surface area contributed by atoms with Crippen molar-refractivity contribution < 1.29 is 4.74 Å². The van der Waals surface area contributed by atoms with E-state index in [1.54, 1.807) is 11.3 Å². The molecule has 0 aliphatic heterocycles.